The van der Waals surface area contributed by atoms with E-state index in [9.17, 15) is 29.8 Å². The number of hydrogen-bond donors (Lipinski definition) is 4. The Hall–Kier alpha value is -9.62. The van der Waals surface area contributed by atoms with Crippen LogP contribution in [0.4, 0.5) is 0 Å². The molecule has 4 fully saturated rings. The van der Waals surface area contributed by atoms with E-state index in [4.69, 9.17) is 89.6 Å². The summed E-state index contributed by atoms with van der Waals surface area (Å²) in [6.45, 7) is 12.8. The van der Waals surface area contributed by atoms with E-state index in [1.165, 1.54) is 33.5 Å². The third-order valence-corrected chi connectivity index (χ3v) is 22.6. The van der Waals surface area contributed by atoms with E-state index in [1.54, 1.807) is 59.5 Å². The first-order valence-corrected chi connectivity index (χ1v) is 44.9. The maximum absolute atomic E-state index is 16.1. The number of ether oxygens (including phenoxy) is 17. The molecule has 1 unspecified atom stereocenters. The molecule has 0 radical (unpaired) electrons. The number of phosphoric ester groups is 1. The summed E-state index contributed by atoms with van der Waals surface area (Å²) in [5.41, 5.74) is 15.1. The van der Waals surface area contributed by atoms with Crippen molar-refractivity contribution in [1.82, 2.24) is 10.6 Å². The number of phosphoric acid groups is 1. The lowest BCUT2D eigenvalue weighted by atomic mass is 9.94. The number of hydrogen-bond acceptors (Lipinski definition) is 27. The van der Waals surface area contributed by atoms with Crippen LogP contribution < -0.4 is 20.4 Å². The number of aliphatic hydroxyl groups is 1. The maximum atomic E-state index is 16.1. The molecule has 129 heavy (non-hydrogen) atoms. The molecule has 32 nitrogen and oxygen atoms in total. The summed E-state index contributed by atoms with van der Waals surface area (Å²) in [7, 11) is -6.20. The Bertz CT molecular complexity index is 4670. The first kappa shape index (κ1) is 99.9. The van der Waals surface area contributed by atoms with Crippen molar-refractivity contribution in [3.05, 3.63) is 298 Å². The summed E-state index contributed by atoms with van der Waals surface area (Å²) >= 11 is 0. The van der Waals surface area contributed by atoms with Crippen LogP contribution in [0.5, 0.6) is 0 Å². The standard InChI is InChI=1S/C90H104N5O26P.C6H15N/c1-59(96)93-75-81(112-61(3)98)77(100)71(55-103-47-63-29-13-5-14-30-63)114-87(75)119-84-79(109-52-68-39-23-10-24-40-68)73(57-105-49-65-33-17-7-18-34-65)117-90(86(84)111-54-70-43-27-12-28-44-70)121-122(101,102)120-80-74(58-106-50-66-35-19-8-20-36-66)115-88(76(94-60(2)97)82(80)113-62(4)99)118-83-78(108-51-67-37-21-9-22-38-67)72(56-104-48-64-31-15-6-16-32-64)116-89(107-46-45-92-95-91)85(83)110-53-69-41-25-11-26-42-69;1-4-7(5-2)6-3/h5-44,71-90,100H,45-58H2,1-4H3,(H,93,96)(H,94,97)(H,101,102);4-6H2,1-3H3/t71-,72-,73-,74-,75-,76-,77-,78+,79+,80-,81-,82-,83+,84+,85-,86-,87+,88+,89+,90-;/m1./s1. The molecular weight excluding hydrogens is 1680 g/mol. The molecule has 4 heterocycles. The second kappa shape index (κ2) is 53.0. The molecule has 4 aliphatic heterocycles. The van der Waals surface area contributed by atoms with Crippen molar-refractivity contribution < 1.29 is 128 Å². The third kappa shape index (κ3) is 31.8. The zero-order chi connectivity index (χ0) is 91.1. The molecule has 8 aromatic carbocycles. The number of carbonyl (C=O) groups excluding carboxylic acids is 4. The minimum atomic E-state index is -6.20. The highest BCUT2D eigenvalue weighted by atomic mass is 31.2. The molecular formula is C96H119N6O26P. The smallest absolute Gasteiger partial charge is 0.303 e. The van der Waals surface area contributed by atoms with Crippen molar-refractivity contribution >= 4 is 31.6 Å². The van der Waals surface area contributed by atoms with E-state index in [2.05, 4.69) is 41.4 Å². The van der Waals surface area contributed by atoms with Gasteiger partial charge in [0.1, 0.15) is 85.3 Å². The van der Waals surface area contributed by atoms with Crippen LogP contribution >= 0.6 is 7.82 Å². The molecule has 0 saturated carbocycles. The summed E-state index contributed by atoms with van der Waals surface area (Å²) in [5.74, 6) is -3.25. The first-order valence-electron chi connectivity index (χ1n) is 43.5. The number of benzene rings is 8. The van der Waals surface area contributed by atoms with Crippen molar-refractivity contribution in [3.63, 3.8) is 0 Å². The molecule has 0 bridgehead atoms. The first-order chi connectivity index (χ1) is 62.7. The fourth-order valence-corrected chi connectivity index (χ4v) is 16.4. The molecule has 2 amide bonds. The fraction of sp³-hybridized carbons (Fsp3) is 0.458. The minimum Gasteiger partial charge on any atom is -0.756 e. The monoisotopic (exact) mass is 1800 g/mol. The van der Waals surface area contributed by atoms with Crippen LogP contribution in [-0.2, 0) is 166 Å². The zero-order valence-electron chi connectivity index (χ0n) is 73.6. The van der Waals surface area contributed by atoms with E-state index in [-0.39, 0.29) is 85.8 Å². The third-order valence-electron chi connectivity index (χ3n) is 21.7. The number of carbonyl (C=O) groups is 4. The van der Waals surface area contributed by atoms with Crippen molar-refractivity contribution in [2.24, 2.45) is 5.11 Å². The van der Waals surface area contributed by atoms with Crippen LogP contribution in [0.1, 0.15) is 93.0 Å². The van der Waals surface area contributed by atoms with E-state index in [0.29, 0.717) is 22.3 Å². The van der Waals surface area contributed by atoms with Crippen molar-refractivity contribution in [1.29, 1.82) is 0 Å². The number of nitrogens with zero attached hydrogens (tertiary/aromatic N) is 3. The lowest BCUT2D eigenvalue weighted by molar-refractivity contribution is -0.894. The highest BCUT2D eigenvalue weighted by Gasteiger charge is 2.59. The number of nitrogens with one attached hydrogen (secondary N) is 3. The molecule has 33 heteroatoms. The Labute approximate surface area is 752 Å². The summed E-state index contributed by atoms with van der Waals surface area (Å²) in [6.07, 6.45) is -28.7. The molecule has 0 spiro atoms. The van der Waals surface area contributed by atoms with Crippen molar-refractivity contribution in [2.75, 3.05) is 59.2 Å². The molecule has 8 aromatic rings. The number of quaternary nitrogens is 1. The van der Waals surface area contributed by atoms with E-state index in [1.807, 2.05) is 188 Å². The highest BCUT2D eigenvalue weighted by Crippen LogP contribution is 2.49. The Morgan fingerprint density at radius 3 is 1.02 bits per heavy atom. The second-order valence-electron chi connectivity index (χ2n) is 31.3. The predicted octanol–water partition coefficient (Wildman–Crippen LogP) is 10.2. The van der Waals surface area contributed by atoms with Crippen LogP contribution in [0.2, 0.25) is 0 Å². The Kier molecular flexibility index (Phi) is 41.1. The van der Waals surface area contributed by atoms with Crippen LogP contribution in [-0.4, -0.2) is 211 Å². The number of rotatable bonds is 47. The molecule has 12 rings (SSSR count). The van der Waals surface area contributed by atoms with Gasteiger partial charge in [0.25, 0.3) is 7.82 Å². The Morgan fingerprint density at radius 2 is 0.682 bits per heavy atom. The van der Waals surface area contributed by atoms with E-state index < -0.39 is 161 Å². The van der Waals surface area contributed by atoms with E-state index >= 15 is 9.46 Å². The van der Waals surface area contributed by atoms with Gasteiger partial charge in [-0.05, 0) is 70.8 Å². The minimum absolute atomic E-state index is 0.00935. The van der Waals surface area contributed by atoms with Gasteiger partial charge in [0.15, 0.2) is 37.4 Å². The number of esters is 2. The summed E-state index contributed by atoms with van der Waals surface area (Å²) < 4.78 is 143. The molecule has 4 aliphatic rings. The quantitative estimate of drug-likeness (QED) is 0.00687. The summed E-state index contributed by atoms with van der Waals surface area (Å²) in [4.78, 5) is 75.8. The van der Waals surface area contributed by atoms with Gasteiger partial charge in [-0.15, -0.1) is 0 Å². The predicted molar refractivity (Wildman–Crippen MR) is 467 cm³/mol. The Morgan fingerprint density at radius 1 is 0.388 bits per heavy atom. The normalized spacial score (nSPS) is 26.0. The second-order valence-corrected chi connectivity index (χ2v) is 32.6. The van der Waals surface area contributed by atoms with Gasteiger partial charge >= 0.3 is 11.9 Å². The van der Waals surface area contributed by atoms with Crippen LogP contribution in [0.3, 0.4) is 0 Å². The highest BCUT2D eigenvalue weighted by molar-refractivity contribution is 7.45. The van der Waals surface area contributed by atoms with Crippen molar-refractivity contribution in [3.8, 4) is 0 Å². The zero-order valence-corrected chi connectivity index (χ0v) is 74.5. The molecule has 0 aromatic heterocycles. The van der Waals surface area contributed by atoms with Crippen LogP contribution in [0, 0.1) is 0 Å². The fourth-order valence-electron chi connectivity index (χ4n) is 15.4. The largest absolute Gasteiger partial charge is 0.756 e. The lowest BCUT2D eigenvalue weighted by Crippen LogP contribution is -3.11. The van der Waals surface area contributed by atoms with Gasteiger partial charge in [-0.25, -0.2) is 0 Å². The summed E-state index contributed by atoms with van der Waals surface area (Å²) in [5, 5.41) is 21.6. The van der Waals surface area contributed by atoms with Gasteiger partial charge < -0.3 is 111 Å². The maximum Gasteiger partial charge on any atom is 0.303 e. The van der Waals surface area contributed by atoms with Gasteiger partial charge in [0.2, 0.25) is 11.8 Å². The summed E-state index contributed by atoms with van der Waals surface area (Å²) in [6, 6.07) is 69.8. The van der Waals surface area contributed by atoms with Crippen LogP contribution in [0.25, 0.3) is 10.4 Å². The molecule has 0 aliphatic carbocycles. The van der Waals surface area contributed by atoms with Gasteiger partial charge in [0, 0.05) is 39.2 Å². The van der Waals surface area contributed by atoms with Crippen LogP contribution in [0.15, 0.2) is 248 Å². The van der Waals surface area contributed by atoms with E-state index in [0.717, 1.165) is 36.1 Å². The van der Waals surface area contributed by atoms with Gasteiger partial charge in [0.05, 0.1) is 106 Å². The van der Waals surface area contributed by atoms with Gasteiger partial charge in [-0.1, -0.05) is 248 Å². The average molecular weight is 1800 g/mol. The Balaban J connectivity index is 0.00000221. The average Bonchev–Trinajstić information content (AvgIpc) is 0.760. The molecule has 4 saturated heterocycles. The van der Waals surface area contributed by atoms with Gasteiger partial charge in [-0.2, -0.15) is 0 Å². The number of azide groups is 1. The van der Waals surface area contributed by atoms with Crippen molar-refractivity contribution in [2.45, 2.75) is 224 Å². The molecule has 21 atom stereocenters. The SMILES string of the molecule is CC(=O)N[C@H]1[C@H](O[C@H]2[C@@H](OCc3ccccc3)[C@@H](COCc3ccccc3)O[C@H](OCCN=[N+]=[N-])[C@@H]2OCc2ccccc2)O[C@H](COCc2ccccc2)[C@@H](OP(=O)([O-])O[C@H]2O[C@H](COCc3ccccc3)[C@H](OCc3ccccc3)[C@H](O[C@@H]3O[C@H](COCc4ccccc4)[C@@H](O)[C@H](OC(C)=O)[C@H]3NC(C)=O)[C@H]2OCc2ccccc2)[C@@H]1OC(C)=O.CC[NH+](CC)CC. The molecule has 694 valence electrons. The topological polar surface area (TPSA) is 381 Å². The van der Waals surface area contributed by atoms with Gasteiger partial charge in [-0.3, -0.25) is 28.3 Å². The lowest BCUT2D eigenvalue weighted by Gasteiger charge is -2.51. The number of aliphatic hydroxyl groups excluding tert-OH is 1. The molecule has 4 N–H and O–H groups in total. The number of amides is 2.